The van der Waals surface area contributed by atoms with Gasteiger partial charge in [0.15, 0.2) is 11.5 Å². The Morgan fingerprint density at radius 2 is 1.55 bits per heavy atom. The average molecular weight is 516 g/mol. The minimum absolute atomic E-state index is 0.0839. The number of carbonyl (C=O) groups is 2. The van der Waals surface area contributed by atoms with Crippen LogP contribution in [0.15, 0.2) is 60.2 Å². The molecule has 0 aliphatic carbocycles. The van der Waals surface area contributed by atoms with E-state index in [1.807, 2.05) is 69.3 Å². The molecule has 1 N–H and O–H groups in total. The fourth-order valence-electron chi connectivity index (χ4n) is 4.99. The van der Waals surface area contributed by atoms with Crippen molar-refractivity contribution in [2.24, 2.45) is 0 Å². The van der Waals surface area contributed by atoms with Gasteiger partial charge in [-0.3, -0.25) is 9.59 Å². The van der Waals surface area contributed by atoms with Crippen LogP contribution in [0.25, 0.3) is 5.76 Å². The van der Waals surface area contributed by atoms with Gasteiger partial charge in [0.05, 0.1) is 32.9 Å². The number of aliphatic hydroxyl groups is 1. The van der Waals surface area contributed by atoms with E-state index < -0.39 is 17.7 Å². The molecule has 1 fully saturated rings. The highest BCUT2D eigenvalue weighted by Crippen LogP contribution is 2.41. The van der Waals surface area contributed by atoms with Crippen molar-refractivity contribution in [3.05, 3.63) is 93.6 Å². The molecule has 1 unspecified atom stereocenters. The zero-order valence-corrected chi connectivity index (χ0v) is 22.6. The standard InChI is InChI=1S/C31H33NO6/c1-18-8-7-9-22(14-18)28-27(29(33)23-15-20(3)25(37-5)16-19(23)2)30(34)31(35)32(28)13-12-21-10-11-24(36-4)26(17-21)38-6/h7-11,14-17,28,33H,12-13H2,1-6H3/b29-27+. The number of amides is 1. The smallest absolute Gasteiger partial charge is 0.295 e. The van der Waals surface area contributed by atoms with Crippen LogP contribution in [0.4, 0.5) is 0 Å². The van der Waals surface area contributed by atoms with E-state index in [1.54, 1.807) is 32.3 Å². The van der Waals surface area contributed by atoms with Crippen LogP contribution in [-0.2, 0) is 16.0 Å². The second-order valence-corrected chi connectivity index (χ2v) is 9.48. The zero-order valence-electron chi connectivity index (χ0n) is 22.6. The molecule has 3 aromatic rings. The van der Waals surface area contributed by atoms with E-state index in [0.717, 1.165) is 27.8 Å². The molecule has 3 aromatic carbocycles. The van der Waals surface area contributed by atoms with Crippen molar-refractivity contribution in [2.45, 2.75) is 33.2 Å². The van der Waals surface area contributed by atoms with E-state index >= 15 is 0 Å². The number of ketones is 1. The molecule has 1 amide bonds. The summed E-state index contributed by atoms with van der Waals surface area (Å²) in [6.45, 7) is 5.94. The molecule has 7 nitrogen and oxygen atoms in total. The summed E-state index contributed by atoms with van der Waals surface area (Å²) in [7, 11) is 4.73. The Morgan fingerprint density at radius 1 is 0.842 bits per heavy atom. The molecular weight excluding hydrogens is 482 g/mol. The molecule has 198 valence electrons. The molecule has 7 heteroatoms. The maximum atomic E-state index is 13.4. The monoisotopic (exact) mass is 515 g/mol. The zero-order chi connectivity index (χ0) is 27.6. The number of Topliss-reactive ketones (excluding diaryl/α,β-unsaturated/α-hetero) is 1. The van der Waals surface area contributed by atoms with E-state index in [2.05, 4.69) is 0 Å². The third kappa shape index (κ3) is 4.96. The van der Waals surface area contributed by atoms with Gasteiger partial charge in [-0.2, -0.15) is 0 Å². The van der Waals surface area contributed by atoms with Crippen molar-refractivity contribution in [3.63, 3.8) is 0 Å². The van der Waals surface area contributed by atoms with E-state index in [1.165, 1.54) is 0 Å². The Labute approximate surface area is 223 Å². The lowest BCUT2D eigenvalue weighted by molar-refractivity contribution is -0.139. The molecule has 1 heterocycles. The molecule has 4 rings (SSSR count). The number of likely N-dealkylation sites (tertiary alicyclic amines) is 1. The van der Waals surface area contributed by atoms with Gasteiger partial charge in [0.25, 0.3) is 11.7 Å². The van der Waals surface area contributed by atoms with Crippen LogP contribution in [-0.4, -0.2) is 49.6 Å². The van der Waals surface area contributed by atoms with Gasteiger partial charge < -0.3 is 24.2 Å². The number of aliphatic hydroxyl groups excluding tert-OH is 1. The van der Waals surface area contributed by atoms with Crippen LogP contribution in [0.5, 0.6) is 17.2 Å². The average Bonchev–Trinajstić information content (AvgIpc) is 3.17. The van der Waals surface area contributed by atoms with Crippen LogP contribution < -0.4 is 14.2 Å². The van der Waals surface area contributed by atoms with Crippen molar-refractivity contribution in [2.75, 3.05) is 27.9 Å². The summed E-state index contributed by atoms with van der Waals surface area (Å²) in [4.78, 5) is 28.4. The number of rotatable bonds is 8. The van der Waals surface area contributed by atoms with Crippen molar-refractivity contribution >= 4 is 17.4 Å². The topological polar surface area (TPSA) is 85.3 Å². The first kappa shape index (κ1) is 26.8. The van der Waals surface area contributed by atoms with E-state index in [-0.39, 0.29) is 17.9 Å². The van der Waals surface area contributed by atoms with Crippen molar-refractivity contribution < 1.29 is 28.9 Å². The number of ether oxygens (including phenoxy) is 3. The number of hydrogen-bond acceptors (Lipinski definition) is 6. The SMILES string of the molecule is COc1cc(C)c(/C(O)=C2\C(=O)C(=O)N(CCc3ccc(OC)c(OC)c3)C2c2cccc(C)c2)cc1C. The molecule has 0 aromatic heterocycles. The Bertz CT molecular complexity index is 1420. The van der Waals surface area contributed by atoms with Crippen LogP contribution in [0, 0.1) is 20.8 Å². The predicted molar refractivity (Wildman–Crippen MR) is 146 cm³/mol. The maximum Gasteiger partial charge on any atom is 0.295 e. The van der Waals surface area contributed by atoms with Crippen molar-refractivity contribution in [1.82, 2.24) is 4.90 Å². The summed E-state index contributed by atoms with van der Waals surface area (Å²) in [5.41, 5.74) is 4.82. The highest BCUT2D eigenvalue weighted by Gasteiger charge is 2.46. The fourth-order valence-corrected chi connectivity index (χ4v) is 4.99. The highest BCUT2D eigenvalue weighted by atomic mass is 16.5. The van der Waals surface area contributed by atoms with Gasteiger partial charge in [0, 0.05) is 12.1 Å². The third-order valence-corrected chi connectivity index (χ3v) is 6.98. The summed E-state index contributed by atoms with van der Waals surface area (Å²) in [6.07, 6.45) is 0.483. The van der Waals surface area contributed by atoms with Gasteiger partial charge in [-0.15, -0.1) is 0 Å². The lowest BCUT2D eigenvalue weighted by Gasteiger charge is -2.26. The number of nitrogens with zero attached hydrogens (tertiary/aromatic N) is 1. The minimum atomic E-state index is -0.725. The van der Waals surface area contributed by atoms with Gasteiger partial charge in [0.1, 0.15) is 11.5 Å². The second kappa shape index (κ2) is 11.0. The normalized spacial score (nSPS) is 16.6. The second-order valence-electron chi connectivity index (χ2n) is 9.48. The Kier molecular flexibility index (Phi) is 7.76. The van der Waals surface area contributed by atoms with E-state index in [9.17, 15) is 14.7 Å². The molecule has 0 radical (unpaired) electrons. The van der Waals surface area contributed by atoms with Crippen LogP contribution in [0.2, 0.25) is 0 Å². The van der Waals surface area contributed by atoms with Crippen LogP contribution in [0.1, 0.15) is 39.4 Å². The lowest BCUT2D eigenvalue weighted by atomic mass is 9.92. The number of hydrogen-bond donors (Lipinski definition) is 1. The summed E-state index contributed by atoms with van der Waals surface area (Å²) < 4.78 is 16.1. The molecule has 0 spiro atoms. The molecule has 1 saturated heterocycles. The molecule has 0 saturated carbocycles. The van der Waals surface area contributed by atoms with Gasteiger partial charge in [-0.1, -0.05) is 35.9 Å². The van der Waals surface area contributed by atoms with Crippen molar-refractivity contribution in [3.8, 4) is 17.2 Å². The number of aryl methyl sites for hydroxylation is 3. The third-order valence-electron chi connectivity index (χ3n) is 6.98. The molecule has 1 atom stereocenters. The summed E-state index contributed by atoms with van der Waals surface area (Å²) in [5, 5.41) is 11.5. The van der Waals surface area contributed by atoms with Crippen molar-refractivity contribution in [1.29, 1.82) is 0 Å². The Morgan fingerprint density at radius 3 is 2.21 bits per heavy atom. The lowest BCUT2D eigenvalue weighted by Crippen LogP contribution is -2.31. The first-order chi connectivity index (χ1) is 18.2. The summed E-state index contributed by atoms with van der Waals surface area (Å²) in [5.74, 6) is 0.362. The molecule has 38 heavy (non-hydrogen) atoms. The Hall–Kier alpha value is -4.26. The highest BCUT2D eigenvalue weighted by molar-refractivity contribution is 6.46. The molecular formula is C31H33NO6. The van der Waals surface area contributed by atoms with Gasteiger partial charge in [0.2, 0.25) is 0 Å². The van der Waals surface area contributed by atoms with Crippen LogP contribution >= 0.6 is 0 Å². The quantitative estimate of drug-likeness (QED) is 0.249. The van der Waals surface area contributed by atoms with Gasteiger partial charge in [-0.05, 0) is 73.7 Å². The number of carbonyl (C=O) groups excluding carboxylic acids is 2. The maximum absolute atomic E-state index is 13.4. The Balaban J connectivity index is 1.79. The minimum Gasteiger partial charge on any atom is -0.507 e. The first-order valence-electron chi connectivity index (χ1n) is 12.4. The number of methoxy groups -OCH3 is 3. The van der Waals surface area contributed by atoms with Gasteiger partial charge >= 0.3 is 0 Å². The molecule has 1 aliphatic rings. The molecule has 0 bridgehead atoms. The fraction of sp³-hybridized carbons (Fsp3) is 0.290. The summed E-state index contributed by atoms with van der Waals surface area (Å²) in [6, 6.07) is 16.1. The predicted octanol–water partition coefficient (Wildman–Crippen LogP) is 5.30. The van der Waals surface area contributed by atoms with Gasteiger partial charge in [-0.25, -0.2) is 0 Å². The number of benzene rings is 3. The first-order valence-corrected chi connectivity index (χ1v) is 12.4. The summed E-state index contributed by atoms with van der Waals surface area (Å²) >= 11 is 0. The van der Waals surface area contributed by atoms with Crippen LogP contribution in [0.3, 0.4) is 0 Å². The largest absolute Gasteiger partial charge is 0.507 e. The van der Waals surface area contributed by atoms with E-state index in [0.29, 0.717) is 29.2 Å². The van der Waals surface area contributed by atoms with E-state index in [4.69, 9.17) is 14.2 Å². The molecule has 1 aliphatic heterocycles.